The van der Waals surface area contributed by atoms with E-state index in [1.807, 2.05) is 44.3 Å². The third-order valence-electron chi connectivity index (χ3n) is 3.30. The lowest BCUT2D eigenvalue weighted by Crippen LogP contribution is -2.24. The van der Waals surface area contributed by atoms with Crippen molar-refractivity contribution in [2.24, 2.45) is 0 Å². The first-order chi connectivity index (χ1) is 9.11. The molecule has 2 aromatic rings. The fourth-order valence-corrected chi connectivity index (χ4v) is 1.92. The van der Waals surface area contributed by atoms with Crippen LogP contribution in [0.2, 0.25) is 0 Å². The smallest absolute Gasteiger partial charge is 0.147 e. The molecule has 1 aromatic heterocycles. The highest BCUT2D eigenvalue weighted by atomic mass is 15.2. The van der Waals surface area contributed by atoms with Gasteiger partial charge in [0.25, 0.3) is 0 Å². The second-order valence-electron chi connectivity index (χ2n) is 4.61. The van der Waals surface area contributed by atoms with E-state index in [2.05, 4.69) is 21.8 Å². The maximum atomic E-state index is 5.99. The van der Waals surface area contributed by atoms with Crippen molar-refractivity contribution >= 4 is 11.5 Å². The zero-order valence-electron chi connectivity index (χ0n) is 11.7. The van der Waals surface area contributed by atoms with E-state index < -0.39 is 0 Å². The molecule has 1 aromatic carbocycles. The molecule has 2 N–H and O–H groups in total. The summed E-state index contributed by atoms with van der Waals surface area (Å²) in [6, 6.07) is 7.93. The summed E-state index contributed by atoms with van der Waals surface area (Å²) in [5.74, 6) is 0.897. The van der Waals surface area contributed by atoms with Crippen LogP contribution in [0.25, 0.3) is 0 Å². The summed E-state index contributed by atoms with van der Waals surface area (Å²) in [6.45, 7) is 7.68. The van der Waals surface area contributed by atoms with Gasteiger partial charge in [-0.3, -0.25) is 4.98 Å². The van der Waals surface area contributed by atoms with E-state index in [1.54, 1.807) is 0 Å². The van der Waals surface area contributed by atoms with Crippen molar-refractivity contribution in [3.05, 3.63) is 47.4 Å². The highest BCUT2D eigenvalue weighted by Crippen LogP contribution is 2.18. The highest BCUT2D eigenvalue weighted by molar-refractivity contribution is 5.49. The van der Waals surface area contributed by atoms with E-state index >= 15 is 0 Å². The second-order valence-corrected chi connectivity index (χ2v) is 4.61. The second kappa shape index (κ2) is 5.69. The third-order valence-corrected chi connectivity index (χ3v) is 3.30. The fraction of sp³-hybridized carbons (Fsp3) is 0.333. The van der Waals surface area contributed by atoms with Gasteiger partial charge >= 0.3 is 0 Å². The number of aromatic nitrogens is 2. The van der Waals surface area contributed by atoms with Gasteiger partial charge in [-0.1, -0.05) is 18.2 Å². The summed E-state index contributed by atoms with van der Waals surface area (Å²) < 4.78 is 0. The molecule has 0 atom stereocenters. The Morgan fingerprint density at radius 2 is 1.89 bits per heavy atom. The number of nitrogens with zero attached hydrogens (tertiary/aromatic N) is 3. The maximum absolute atomic E-state index is 5.99. The molecule has 0 radical (unpaired) electrons. The van der Waals surface area contributed by atoms with Gasteiger partial charge in [-0.15, -0.1) is 0 Å². The molecule has 0 bridgehead atoms. The SMILES string of the molecule is CCN(Cc1ccccc1N)c1cnc(C)c(C)n1. The Kier molecular flexibility index (Phi) is 4.00. The number of hydrogen-bond acceptors (Lipinski definition) is 4. The largest absolute Gasteiger partial charge is 0.398 e. The number of rotatable bonds is 4. The van der Waals surface area contributed by atoms with Crippen molar-refractivity contribution in [1.82, 2.24) is 9.97 Å². The Bertz CT molecular complexity index is 566. The molecule has 4 nitrogen and oxygen atoms in total. The van der Waals surface area contributed by atoms with E-state index in [9.17, 15) is 0 Å². The molecule has 1 heterocycles. The topological polar surface area (TPSA) is 55.0 Å². The van der Waals surface area contributed by atoms with Gasteiger partial charge in [0, 0.05) is 18.8 Å². The van der Waals surface area contributed by atoms with E-state index in [0.29, 0.717) is 0 Å². The minimum Gasteiger partial charge on any atom is -0.398 e. The normalized spacial score (nSPS) is 10.5. The van der Waals surface area contributed by atoms with Crippen LogP contribution in [0.5, 0.6) is 0 Å². The average Bonchev–Trinajstić information content (AvgIpc) is 2.41. The molecule has 0 saturated heterocycles. The van der Waals surface area contributed by atoms with Crippen molar-refractivity contribution in [3.8, 4) is 0 Å². The van der Waals surface area contributed by atoms with Crippen LogP contribution in [0, 0.1) is 13.8 Å². The van der Waals surface area contributed by atoms with Crippen LogP contribution in [0.4, 0.5) is 11.5 Å². The van der Waals surface area contributed by atoms with Crippen LogP contribution < -0.4 is 10.6 Å². The molecule has 0 aliphatic heterocycles. The minimum atomic E-state index is 0.750. The molecule has 0 saturated carbocycles. The van der Waals surface area contributed by atoms with E-state index in [-0.39, 0.29) is 0 Å². The number of hydrogen-bond donors (Lipinski definition) is 1. The Labute approximate surface area is 114 Å². The van der Waals surface area contributed by atoms with E-state index in [0.717, 1.165) is 41.5 Å². The summed E-state index contributed by atoms with van der Waals surface area (Å²) in [7, 11) is 0. The first kappa shape index (κ1) is 13.3. The zero-order valence-corrected chi connectivity index (χ0v) is 11.7. The lowest BCUT2D eigenvalue weighted by atomic mass is 10.1. The van der Waals surface area contributed by atoms with Gasteiger partial charge in [0.1, 0.15) is 5.82 Å². The molecule has 100 valence electrons. The average molecular weight is 256 g/mol. The standard InChI is InChI=1S/C15H20N4/c1-4-19(10-13-7-5-6-8-14(13)16)15-9-17-11(2)12(3)18-15/h5-9H,4,10,16H2,1-3H3. The van der Waals surface area contributed by atoms with Crippen molar-refractivity contribution in [2.45, 2.75) is 27.3 Å². The van der Waals surface area contributed by atoms with Crippen molar-refractivity contribution < 1.29 is 0 Å². The molecule has 0 aliphatic rings. The van der Waals surface area contributed by atoms with Crippen LogP contribution in [-0.4, -0.2) is 16.5 Å². The van der Waals surface area contributed by atoms with Crippen LogP contribution in [0.3, 0.4) is 0 Å². The molecule has 0 unspecified atom stereocenters. The Balaban J connectivity index is 2.25. The van der Waals surface area contributed by atoms with E-state index in [4.69, 9.17) is 5.73 Å². The predicted molar refractivity (Wildman–Crippen MR) is 79.1 cm³/mol. The van der Waals surface area contributed by atoms with Crippen molar-refractivity contribution in [3.63, 3.8) is 0 Å². The third kappa shape index (κ3) is 3.02. The fourth-order valence-electron chi connectivity index (χ4n) is 1.92. The summed E-state index contributed by atoms with van der Waals surface area (Å²) in [5.41, 5.74) is 9.87. The van der Waals surface area contributed by atoms with Crippen molar-refractivity contribution in [2.75, 3.05) is 17.2 Å². The van der Waals surface area contributed by atoms with Gasteiger partial charge in [-0.25, -0.2) is 4.98 Å². The molecule has 0 spiro atoms. The van der Waals surface area contributed by atoms with Gasteiger partial charge in [0.05, 0.1) is 17.6 Å². The summed E-state index contributed by atoms with van der Waals surface area (Å²) in [6.07, 6.45) is 1.82. The van der Waals surface area contributed by atoms with Crippen LogP contribution in [0.1, 0.15) is 23.9 Å². The quantitative estimate of drug-likeness (QED) is 0.855. The number of benzene rings is 1. The molecule has 0 fully saturated rings. The molecular formula is C15H20N4. The van der Waals surface area contributed by atoms with Gasteiger partial charge in [0.2, 0.25) is 0 Å². The summed E-state index contributed by atoms with van der Waals surface area (Å²) in [5, 5.41) is 0. The Hall–Kier alpha value is -2.10. The summed E-state index contributed by atoms with van der Waals surface area (Å²) in [4.78, 5) is 11.1. The minimum absolute atomic E-state index is 0.750. The number of aryl methyl sites for hydroxylation is 2. The number of para-hydroxylation sites is 1. The molecule has 4 heteroatoms. The molecule has 0 amide bonds. The van der Waals surface area contributed by atoms with Gasteiger partial charge in [-0.2, -0.15) is 0 Å². The zero-order chi connectivity index (χ0) is 13.8. The number of nitrogen functional groups attached to an aromatic ring is 1. The Morgan fingerprint density at radius 1 is 1.16 bits per heavy atom. The first-order valence-electron chi connectivity index (χ1n) is 6.50. The van der Waals surface area contributed by atoms with Crippen molar-refractivity contribution in [1.29, 1.82) is 0 Å². The first-order valence-corrected chi connectivity index (χ1v) is 6.50. The van der Waals surface area contributed by atoms with Gasteiger partial charge in [0.15, 0.2) is 0 Å². The van der Waals surface area contributed by atoms with Crippen LogP contribution in [-0.2, 0) is 6.54 Å². The lowest BCUT2D eigenvalue weighted by molar-refractivity contribution is 0.803. The summed E-state index contributed by atoms with van der Waals surface area (Å²) >= 11 is 0. The lowest BCUT2D eigenvalue weighted by Gasteiger charge is -2.23. The monoisotopic (exact) mass is 256 g/mol. The molecule has 19 heavy (non-hydrogen) atoms. The Morgan fingerprint density at radius 3 is 2.53 bits per heavy atom. The van der Waals surface area contributed by atoms with Crippen LogP contribution in [0.15, 0.2) is 30.5 Å². The number of nitrogens with two attached hydrogens (primary N) is 1. The molecule has 0 aliphatic carbocycles. The highest BCUT2D eigenvalue weighted by Gasteiger charge is 2.10. The number of anilines is 2. The van der Waals surface area contributed by atoms with E-state index in [1.165, 1.54) is 0 Å². The van der Waals surface area contributed by atoms with Crippen LogP contribution >= 0.6 is 0 Å². The predicted octanol–water partition coefficient (Wildman–Crippen LogP) is 2.70. The van der Waals surface area contributed by atoms with Gasteiger partial charge < -0.3 is 10.6 Å². The van der Waals surface area contributed by atoms with Gasteiger partial charge in [-0.05, 0) is 32.4 Å². The molecule has 2 rings (SSSR count). The maximum Gasteiger partial charge on any atom is 0.147 e. The molecular weight excluding hydrogens is 236 g/mol.